The average Bonchev–Trinajstić information content (AvgIpc) is 3.19. The van der Waals surface area contributed by atoms with Crippen LogP contribution in [-0.2, 0) is 9.59 Å². The van der Waals surface area contributed by atoms with E-state index in [9.17, 15) is 14.7 Å². The molecule has 3 aromatic carbocycles. The lowest BCUT2D eigenvalue weighted by molar-refractivity contribution is -0.132. The van der Waals surface area contributed by atoms with Crippen molar-refractivity contribution >= 4 is 28.8 Å². The van der Waals surface area contributed by atoms with Gasteiger partial charge in [-0.05, 0) is 99.2 Å². The number of Topliss-reactive ketones (excluding diaryl/α,β-unsaturated/α-hetero) is 1. The number of hydrogen-bond donors (Lipinski definition) is 1. The summed E-state index contributed by atoms with van der Waals surface area (Å²) in [5, 5.41) is 11.6. The van der Waals surface area contributed by atoms with Crippen LogP contribution in [0.5, 0.6) is 5.75 Å². The number of rotatable bonds is 9. The Morgan fingerprint density at radius 3 is 2.20 bits per heavy atom. The molecule has 0 aromatic heterocycles. The Labute approximate surface area is 237 Å². The van der Waals surface area contributed by atoms with E-state index in [1.165, 1.54) is 4.90 Å². The number of ether oxygens (including phenoxy) is 1. The molecule has 6 heteroatoms. The molecule has 1 atom stereocenters. The van der Waals surface area contributed by atoms with E-state index in [1.807, 2.05) is 63.2 Å². The van der Waals surface area contributed by atoms with Crippen molar-refractivity contribution in [1.82, 2.24) is 0 Å². The molecule has 210 valence electrons. The number of carbonyl (C=O) groups excluding carboxylic acids is 2. The second kappa shape index (κ2) is 12.0. The number of carbonyl (C=O) groups is 2. The van der Waals surface area contributed by atoms with Gasteiger partial charge in [0.05, 0.1) is 18.2 Å². The first-order chi connectivity index (χ1) is 19.1. The van der Waals surface area contributed by atoms with Gasteiger partial charge in [-0.3, -0.25) is 14.5 Å². The highest BCUT2D eigenvalue weighted by atomic mass is 16.5. The Morgan fingerprint density at radius 1 is 0.925 bits per heavy atom. The van der Waals surface area contributed by atoms with Crippen LogP contribution in [0.1, 0.15) is 61.6 Å². The monoisotopic (exact) mass is 540 g/mol. The molecule has 0 aliphatic carbocycles. The van der Waals surface area contributed by atoms with Gasteiger partial charge in [0.1, 0.15) is 11.5 Å². The number of aryl methyl sites for hydroxylation is 3. The lowest BCUT2D eigenvalue weighted by Gasteiger charge is -2.28. The zero-order chi connectivity index (χ0) is 29.1. The van der Waals surface area contributed by atoms with Crippen LogP contribution in [0.15, 0.2) is 66.2 Å². The molecule has 1 aliphatic heterocycles. The van der Waals surface area contributed by atoms with Gasteiger partial charge in [-0.2, -0.15) is 0 Å². The van der Waals surface area contributed by atoms with Crippen molar-refractivity contribution in [3.63, 3.8) is 0 Å². The summed E-state index contributed by atoms with van der Waals surface area (Å²) >= 11 is 0. The van der Waals surface area contributed by atoms with Gasteiger partial charge in [0.25, 0.3) is 11.7 Å². The third-order valence-electron chi connectivity index (χ3n) is 7.43. The van der Waals surface area contributed by atoms with Crippen molar-refractivity contribution < 1.29 is 19.4 Å². The number of ketones is 1. The van der Waals surface area contributed by atoms with E-state index in [0.29, 0.717) is 23.8 Å². The quantitative estimate of drug-likeness (QED) is 0.178. The molecule has 0 spiro atoms. The van der Waals surface area contributed by atoms with Crippen LogP contribution in [0.25, 0.3) is 5.76 Å². The maximum atomic E-state index is 13.6. The van der Waals surface area contributed by atoms with Gasteiger partial charge in [-0.25, -0.2) is 0 Å². The largest absolute Gasteiger partial charge is 0.507 e. The molecule has 1 saturated heterocycles. The number of aliphatic hydroxyl groups excluding tert-OH is 1. The van der Waals surface area contributed by atoms with Crippen LogP contribution in [0.2, 0.25) is 0 Å². The standard InChI is InChI=1S/C34H40N2O4/c1-8-35(9-2)27-15-12-25(13-16-27)31-30(32(37)26-14-17-29(24(7)19-26)40-20-21(3)4)33(38)34(39)36(31)28-18-22(5)10-11-23(28)6/h10-19,21,31,37H,8-9,20H2,1-7H3/b32-30-. The van der Waals surface area contributed by atoms with Crippen molar-refractivity contribution in [1.29, 1.82) is 0 Å². The van der Waals surface area contributed by atoms with Crippen molar-refractivity contribution in [3.8, 4) is 5.75 Å². The number of aliphatic hydroxyl groups is 1. The predicted octanol–water partition coefficient (Wildman–Crippen LogP) is 7.12. The summed E-state index contributed by atoms with van der Waals surface area (Å²) in [4.78, 5) is 31.0. The molecule has 6 nitrogen and oxygen atoms in total. The Hall–Kier alpha value is -4.06. The second-order valence-corrected chi connectivity index (χ2v) is 10.9. The molecule has 4 rings (SSSR count). The molecule has 1 N–H and O–H groups in total. The third-order valence-corrected chi connectivity index (χ3v) is 7.43. The first-order valence-electron chi connectivity index (χ1n) is 14.0. The lowest BCUT2D eigenvalue weighted by Crippen LogP contribution is -2.30. The topological polar surface area (TPSA) is 70.1 Å². The molecule has 0 radical (unpaired) electrons. The number of anilines is 2. The Balaban J connectivity index is 1.87. The third kappa shape index (κ3) is 5.62. The molecule has 1 heterocycles. The smallest absolute Gasteiger partial charge is 0.300 e. The van der Waals surface area contributed by atoms with Crippen LogP contribution < -0.4 is 14.5 Å². The van der Waals surface area contributed by atoms with Gasteiger partial charge in [-0.1, -0.05) is 38.1 Å². The predicted molar refractivity (Wildman–Crippen MR) is 162 cm³/mol. The second-order valence-electron chi connectivity index (χ2n) is 10.9. The lowest BCUT2D eigenvalue weighted by atomic mass is 9.94. The zero-order valence-electron chi connectivity index (χ0n) is 24.6. The van der Waals surface area contributed by atoms with Crippen LogP contribution in [-0.4, -0.2) is 36.5 Å². The average molecular weight is 541 g/mol. The highest BCUT2D eigenvalue weighted by Crippen LogP contribution is 2.44. The summed E-state index contributed by atoms with van der Waals surface area (Å²) in [5.41, 5.74) is 5.72. The van der Waals surface area contributed by atoms with Gasteiger partial charge in [0.2, 0.25) is 0 Å². The molecule has 1 amide bonds. The van der Waals surface area contributed by atoms with Crippen molar-refractivity contribution in [2.24, 2.45) is 5.92 Å². The van der Waals surface area contributed by atoms with Crippen molar-refractivity contribution in [3.05, 3.63) is 94.1 Å². The number of amides is 1. The van der Waals surface area contributed by atoms with Gasteiger partial charge in [0.15, 0.2) is 0 Å². The highest BCUT2D eigenvalue weighted by molar-refractivity contribution is 6.51. The van der Waals surface area contributed by atoms with E-state index in [1.54, 1.807) is 18.2 Å². The fourth-order valence-corrected chi connectivity index (χ4v) is 5.20. The van der Waals surface area contributed by atoms with Crippen molar-refractivity contribution in [2.75, 3.05) is 29.5 Å². The minimum absolute atomic E-state index is 0.0803. The van der Waals surface area contributed by atoms with Crippen LogP contribution in [0, 0.1) is 26.7 Å². The molecule has 1 unspecified atom stereocenters. The summed E-state index contributed by atoms with van der Waals surface area (Å²) in [6, 6.07) is 18.3. The number of hydrogen-bond acceptors (Lipinski definition) is 5. The van der Waals surface area contributed by atoms with Crippen LogP contribution in [0.3, 0.4) is 0 Å². The Morgan fingerprint density at radius 2 is 1.60 bits per heavy atom. The summed E-state index contributed by atoms with van der Waals surface area (Å²) in [6.45, 7) is 16.5. The molecule has 0 saturated carbocycles. The Kier molecular flexibility index (Phi) is 8.67. The van der Waals surface area contributed by atoms with Gasteiger partial charge in [0, 0.05) is 30.0 Å². The van der Waals surface area contributed by atoms with E-state index < -0.39 is 17.7 Å². The Bertz CT molecular complexity index is 1430. The molecular weight excluding hydrogens is 500 g/mol. The van der Waals surface area contributed by atoms with E-state index in [-0.39, 0.29) is 11.3 Å². The van der Waals surface area contributed by atoms with Gasteiger partial charge >= 0.3 is 0 Å². The van der Waals surface area contributed by atoms with E-state index >= 15 is 0 Å². The molecule has 40 heavy (non-hydrogen) atoms. The van der Waals surface area contributed by atoms with Crippen LogP contribution in [0.4, 0.5) is 11.4 Å². The van der Waals surface area contributed by atoms with E-state index in [0.717, 1.165) is 46.8 Å². The molecule has 3 aromatic rings. The van der Waals surface area contributed by atoms with Gasteiger partial charge in [-0.15, -0.1) is 0 Å². The van der Waals surface area contributed by atoms with E-state index in [2.05, 4.69) is 32.6 Å². The summed E-state index contributed by atoms with van der Waals surface area (Å²) in [5.74, 6) is -0.440. The summed E-state index contributed by atoms with van der Waals surface area (Å²) in [7, 11) is 0. The number of nitrogens with zero attached hydrogens (tertiary/aromatic N) is 2. The summed E-state index contributed by atoms with van der Waals surface area (Å²) in [6.07, 6.45) is 0. The number of benzene rings is 3. The maximum absolute atomic E-state index is 13.6. The minimum Gasteiger partial charge on any atom is -0.507 e. The minimum atomic E-state index is -0.775. The SMILES string of the molecule is CCN(CC)c1ccc(C2/C(=C(/O)c3ccc(OCC(C)C)c(C)c3)C(=O)C(=O)N2c2cc(C)ccc2C)cc1. The van der Waals surface area contributed by atoms with Crippen molar-refractivity contribution in [2.45, 2.75) is 54.5 Å². The first kappa shape index (κ1) is 28.9. The highest BCUT2D eigenvalue weighted by Gasteiger charge is 2.47. The molecule has 1 fully saturated rings. The van der Waals surface area contributed by atoms with E-state index in [4.69, 9.17) is 4.74 Å². The molecule has 1 aliphatic rings. The maximum Gasteiger partial charge on any atom is 0.300 e. The first-order valence-corrected chi connectivity index (χ1v) is 14.0. The molecular formula is C34H40N2O4. The summed E-state index contributed by atoms with van der Waals surface area (Å²) < 4.78 is 5.90. The normalized spacial score (nSPS) is 16.6. The molecule has 0 bridgehead atoms. The fraction of sp³-hybridized carbons (Fsp3) is 0.353. The van der Waals surface area contributed by atoms with Crippen LogP contribution >= 0.6 is 0 Å². The fourth-order valence-electron chi connectivity index (χ4n) is 5.20. The zero-order valence-corrected chi connectivity index (χ0v) is 24.6. The van der Waals surface area contributed by atoms with Gasteiger partial charge < -0.3 is 14.7 Å².